The first-order chi connectivity index (χ1) is 19.2. The lowest BCUT2D eigenvalue weighted by molar-refractivity contribution is -0.144. The number of hydrogen-bond donors (Lipinski definition) is 1. The van der Waals surface area contributed by atoms with Crippen molar-refractivity contribution in [2.75, 3.05) is 70.3 Å². The fourth-order valence-corrected chi connectivity index (χ4v) is 5.45. The van der Waals surface area contributed by atoms with Crippen LogP contribution in [-0.4, -0.2) is 97.0 Å². The van der Waals surface area contributed by atoms with E-state index in [1.165, 1.54) is 7.11 Å². The lowest BCUT2D eigenvalue weighted by atomic mass is 9.75. The van der Waals surface area contributed by atoms with Crippen LogP contribution in [0, 0.1) is 5.92 Å². The minimum absolute atomic E-state index is 0.0819. The van der Waals surface area contributed by atoms with Gasteiger partial charge in [-0.1, -0.05) is 29.8 Å². The highest BCUT2D eigenvalue weighted by atomic mass is 35.5. The Hall–Kier alpha value is -3.48. The number of hydrogen-bond acceptors (Lipinski definition) is 11. The second kappa shape index (κ2) is 13.2. The highest BCUT2D eigenvalue weighted by Crippen LogP contribution is 2.42. The Morgan fingerprint density at radius 2 is 1.90 bits per heavy atom. The first kappa shape index (κ1) is 29.5. The second-order valence-electron chi connectivity index (χ2n) is 9.61. The summed E-state index contributed by atoms with van der Waals surface area (Å²) >= 11 is 6.56. The van der Waals surface area contributed by atoms with Gasteiger partial charge in [-0.15, -0.1) is 5.10 Å². The predicted octanol–water partition coefficient (Wildman–Crippen LogP) is 2.05. The topological polar surface area (TPSA) is 137 Å². The van der Waals surface area contributed by atoms with Gasteiger partial charge in [0.1, 0.15) is 5.92 Å². The molecule has 1 fully saturated rings. The van der Waals surface area contributed by atoms with Crippen molar-refractivity contribution in [2.24, 2.45) is 18.0 Å². The van der Waals surface area contributed by atoms with Crippen LogP contribution >= 0.6 is 11.6 Å². The van der Waals surface area contributed by atoms with Gasteiger partial charge in [-0.05, 0) is 25.5 Å². The molecule has 2 aliphatic rings. The van der Waals surface area contributed by atoms with Gasteiger partial charge in [-0.25, -0.2) is 9.48 Å². The van der Waals surface area contributed by atoms with Gasteiger partial charge in [0.25, 0.3) is 0 Å². The normalized spacial score (nSPS) is 19.9. The van der Waals surface area contributed by atoms with Crippen LogP contribution in [0.1, 0.15) is 25.3 Å². The van der Waals surface area contributed by atoms with Crippen LogP contribution in [0.4, 0.5) is 11.9 Å². The summed E-state index contributed by atoms with van der Waals surface area (Å²) in [4.78, 5) is 39.6. The average molecular weight is 574 g/mol. The predicted molar refractivity (Wildman–Crippen MR) is 151 cm³/mol. The molecule has 0 saturated carbocycles. The maximum absolute atomic E-state index is 13.3. The van der Waals surface area contributed by atoms with E-state index in [0.717, 1.165) is 32.1 Å². The molecule has 0 aliphatic carbocycles. The van der Waals surface area contributed by atoms with Crippen LogP contribution < -0.4 is 10.6 Å². The van der Waals surface area contributed by atoms with Crippen molar-refractivity contribution < 1.29 is 23.8 Å². The van der Waals surface area contributed by atoms with Crippen LogP contribution in [0.2, 0.25) is 5.02 Å². The molecule has 40 heavy (non-hydrogen) atoms. The smallest absolute Gasteiger partial charge is 0.336 e. The number of halogens is 1. The fourth-order valence-electron chi connectivity index (χ4n) is 5.19. The maximum Gasteiger partial charge on any atom is 0.336 e. The molecule has 0 radical (unpaired) electrons. The van der Waals surface area contributed by atoms with E-state index in [1.807, 2.05) is 13.1 Å². The SMILES string of the molecule is CCOC(=O)C1=C(COCCN2CCN(c3nc(N)nn3C)CC2)N=C(C)C(C(=O)OC)C1c1ccccc1Cl. The number of rotatable bonds is 10. The van der Waals surface area contributed by atoms with Gasteiger partial charge in [-0.2, -0.15) is 4.98 Å². The number of esters is 2. The van der Waals surface area contributed by atoms with Gasteiger partial charge < -0.3 is 24.8 Å². The molecule has 0 amide bonds. The average Bonchev–Trinajstić information content (AvgIpc) is 3.28. The van der Waals surface area contributed by atoms with Crippen molar-refractivity contribution >= 4 is 41.1 Å². The molecule has 2 unspecified atom stereocenters. The molecular weight excluding hydrogens is 538 g/mol. The Morgan fingerprint density at radius 3 is 2.52 bits per heavy atom. The zero-order valence-corrected chi connectivity index (χ0v) is 24.1. The number of nitrogen functional groups attached to an aromatic ring is 1. The molecular formula is C27H36ClN7O5. The van der Waals surface area contributed by atoms with E-state index < -0.39 is 23.8 Å². The molecule has 0 spiro atoms. The molecule has 0 bridgehead atoms. The number of benzene rings is 1. The Morgan fingerprint density at radius 1 is 1.18 bits per heavy atom. The zero-order chi connectivity index (χ0) is 28.8. The van der Waals surface area contributed by atoms with Gasteiger partial charge in [-0.3, -0.25) is 14.7 Å². The third kappa shape index (κ3) is 6.45. The van der Waals surface area contributed by atoms with E-state index in [-0.39, 0.29) is 24.7 Å². The van der Waals surface area contributed by atoms with Crippen molar-refractivity contribution in [3.8, 4) is 0 Å². The molecule has 12 nitrogen and oxygen atoms in total. The highest BCUT2D eigenvalue weighted by molar-refractivity contribution is 6.31. The standard InChI is InChI=1S/C27H36ClN7O5/c1-5-40-25(37)23-20(30-17(2)21(24(36)38-4)22(23)18-8-6-7-9-19(18)28)16-39-15-14-34-10-12-35(13-11-34)27-31-26(29)32-33(27)3/h6-9,21-22H,5,10-16H2,1-4H3,(H2,29,32). The monoisotopic (exact) mass is 573 g/mol. The van der Waals surface area contributed by atoms with Crippen LogP contribution in [-0.2, 0) is 30.8 Å². The van der Waals surface area contributed by atoms with Crippen LogP contribution in [0.3, 0.4) is 0 Å². The minimum atomic E-state index is -0.825. The number of carbonyl (C=O) groups is 2. The van der Waals surface area contributed by atoms with E-state index in [4.69, 9.17) is 31.5 Å². The number of aromatic nitrogens is 3. The Bertz CT molecular complexity index is 1290. The molecule has 13 heteroatoms. The van der Waals surface area contributed by atoms with E-state index in [1.54, 1.807) is 36.7 Å². The number of methoxy groups -OCH3 is 1. The number of piperazine rings is 1. The first-order valence-corrected chi connectivity index (χ1v) is 13.6. The summed E-state index contributed by atoms with van der Waals surface area (Å²) in [7, 11) is 3.14. The third-order valence-corrected chi connectivity index (χ3v) is 7.45. The van der Waals surface area contributed by atoms with Crippen LogP contribution in [0.25, 0.3) is 0 Å². The molecule has 216 valence electrons. The van der Waals surface area contributed by atoms with Crippen molar-refractivity contribution in [1.82, 2.24) is 19.7 Å². The molecule has 1 aromatic heterocycles. The Labute approximate surface area is 238 Å². The van der Waals surface area contributed by atoms with Crippen molar-refractivity contribution in [3.63, 3.8) is 0 Å². The van der Waals surface area contributed by atoms with Crippen LogP contribution in [0.5, 0.6) is 0 Å². The molecule has 1 saturated heterocycles. The fraction of sp³-hybridized carbons (Fsp3) is 0.519. The maximum atomic E-state index is 13.3. The molecule has 4 rings (SSSR count). The van der Waals surface area contributed by atoms with Crippen molar-refractivity contribution in [2.45, 2.75) is 19.8 Å². The number of nitrogens with two attached hydrogens (primary N) is 1. The number of nitrogens with zero attached hydrogens (tertiary/aromatic N) is 6. The molecule has 1 aromatic carbocycles. The number of aryl methyl sites for hydroxylation is 1. The highest BCUT2D eigenvalue weighted by Gasteiger charge is 2.43. The Balaban J connectivity index is 1.47. The number of anilines is 2. The first-order valence-electron chi connectivity index (χ1n) is 13.2. The summed E-state index contributed by atoms with van der Waals surface area (Å²) < 4.78 is 18.2. The summed E-state index contributed by atoms with van der Waals surface area (Å²) in [5, 5.41) is 4.55. The molecule has 2 N–H and O–H groups in total. The summed E-state index contributed by atoms with van der Waals surface area (Å²) in [6.45, 7) is 8.12. The van der Waals surface area contributed by atoms with Crippen molar-refractivity contribution in [1.29, 1.82) is 0 Å². The molecule has 2 aromatic rings. The van der Waals surface area contributed by atoms with Crippen molar-refractivity contribution in [3.05, 3.63) is 46.1 Å². The number of ether oxygens (including phenoxy) is 3. The molecule has 3 heterocycles. The van der Waals surface area contributed by atoms with Crippen LogP contribution in [0.15, 0.2) is 40.5 Å². The summed E-state index contributed by atoms with van der Waals surface area (Å²) in [6.07, 6.45) is 0. The van der Waals surface area contributed by atoms with Gasteiger partial charge >= 0.3 is 11.9 Å². The van der Waals surface area contributed by atoms with Gasteiger partial charge in [0.15, 0.2) is 0 Å². The van der Waals surface area contributed by atoms with Gasteiger partial charge in [0, 0.05) is 56.4 Å². The third-order valence-electron chi connectivity index (χ3n) is 7.11. The number of carbonyl (C=O) groups excluding carboxylic acids is 2. The van der Waals surface area contributed by atoms with Gasteiger partial charge in [0.2, 0.25) is 11.9 Å². The van der Waals surface area contributed by atoms with E-state index >= 15 is 0 Å². The summed E-state index contributed by atoms with van der Waals surface area (Å²) in [6, 6.07) is 7.14. The lowest BCUT2D eigenvalue weighted by Gasteiger charge is -2.35. The number of aliphatic imine (C=N–C) groups is 1. The molecule has 2 aliphatic heterocycles. The molecule has 2 atom stereocenters. The minimum Gasteiger partial charge on any atom is -0.468 e. The van der Waals surface area contributed by atoms with E-state index in [2.05, 4.69) is 24.9 Å². The van der Waals surface area contributed by atoms with E-state index in [9.17, 15) is 9.59 Å². The summed E-state index contributed by atoms with van der Waals surface area (Å²) in [5.41, 5.74) is 7.54. The Kier molecular flexibility index (Phi) is 9.77. The van der Waals surface area contributed by atoms with E-state index in [0.29, 0.717) is 35.1 Å². The quantitative estimate of drug-likeness (QED) is 0.332. The lowest BCUT2D eigenvalue weighted by Crippen LogP contribution is -2.48. The second-order valence-corrected chi connectivity index (χ2v) is 10.0. The van der Waals surface area contributed by atoms with Gasteiger partial charge in [0.05, 0.1) is 38.2 Å². The largest absolute Gasteiger partial charge is 0.468 e. The zero-order valence-electron chi connectivity index (χ0n) is 23.3. The summed E-state index contributed by atoms with van der Waals surface area (Å²) in [5.74, 6) is -1.59.